The van der Waals surface area contributed by atoms with Gasteiger partial charge in [-0.3, -0.25) is 14.4 Å². The molecule has 174 valence electrons. The monoisotopic (exact) mass is 452 g/mol. The van der Waals surface area contributed by atoms with E-state index in [0.717, 1.165) is 5.56 Å². The van der Waals surface area contributed by atoms with Crippen LogP contribution in [0.3, 0.4) is 0 Å². The molecule has 2 N–H and O–H groups in total. The van der Waals surface area contributed by atoms with Crippen molar-refractivity contribution in [1.29, 1.82) is 0 Å². The fourth-order valence-corrected chi connectivity index (χ4v) is 3.06. The third-order valence-corrected chi connectivity index (χ3v) is 5.09. The standard InChI is InChI=1S/C26H29FN2O4/c1-14-10-18(29-24(32)26(5,6)7)22-19(30)13-20(33-21(22)11-14)15-8-9-17(16(27)12-15)28-23(31)25(2,3)4/h8-13H,1-7H3,(H,28,31)(H,29,32). The lowest BCUT2D eigenvalue weighted by Crippen LogP contribution is -2.28. The molecule has 0 atom stereocenters. The number of benzene rings is 2. The summed E-state index contributed by atoms with van der Waals surface area (Å²) >= 11 is 0. The predicted molar refractivity (Wildman–Crippen MR) is 129 cm³/mol. The number of nitrogens with one attached hydrogen (secondary N) is 2. The minimum Gasteiger partial charge on any atom is -0.456 e. The van der Waals surface area contributed by atoms with Crippen LogP contribution in [0.1, 0.15) is 47.1 Å². The van der Waals surface area contributed by atoms with E-state index in [0.29, 0.717) is 11.3 Å². The first-order valence-corrected chi connectivity index (χ1v) is 10.7. The Morgan fingerprint density at radius 3 is 1.97 bits per heavy atom. The zero-order valence-electron chi connectivity index (χ0n) is 20.0. The van der Waals surface area contributed by atoms with Gasteiger partial charge in [0.05, 0.1) is 16.8 Å². The number of fused-ring (bicyclic) bond motifs is 1. The van der Waals surface area contributed by atoms with Crippen LogP contribution in [0.4, 0.5) is 15.8 Å². The molecule has 33 heavy (non-hydrogen) atoms. The Morgan fingerprint density at radius 2 is 1.42 bits per heavy atom. The highest BCUT2D eigenvalue weighted by Gasteiger charge is 2.24. The first kappa shape index (κ1) is 24.2. The summed E-state index contributed by atoms with van der Waals surface area (Å²) in [4.78, 5) is 37.6. The van der Waals surface area contributed by atoms with Gasteiger partial charge in [-0.25, -0.2) is 4.39 Å². The maximum absolute atomic E-state index is 14.7. The zero-order valence-corrected chi connectivity index (χ0v) is 20.0. The van der Waals surface area contributed by atoms with Crippen LogP contribution in [0.15, 0.2) is 45.6 Å². The molecular weight excluding hydrogens is 423 g/mol. The van der Waals surface area contributed by atoms with Gasteiger partial charge in [-0.1, -0.05) is 41.5 Å². The molecular formula is C26H29FN2O4. The lowest BCUT2D eigenvalue weighted by atomic mass is 9.95. The van der Waals surface area contributed by atoms with E-state index < -0.39 is 16.6 Å². The highest BCUT2D eigenvalue weighted by Crippen LogP contribution is 2.30. The summed E-state index contributed by atoms with van der Waals surface area (Å²) in [7, 11) is 0. The van der Waals surface area contributed by atoms with Crippen molar-refractivity contribution >= 4 is 34.2 Å². The topological polar surface area (TPSA) is 88.4 Å². The summed E-state index contributed by atoms with van der Waals surface area (Å²) in [5, 5.41) is 5.63. The molecule has 3 rings (SSSR count). The number of aryl methyl sites for hydroxylation is 1. The second-order valence-corrected chi connectivity index (χ2v) is 10.3. The molecule has 0 saturated carbocycles. The normalized spacial score (nSPS) is 12.0. The summed E-state index contributed by atoms with van der Waals surface area (Å²) < 4.78 is 20.6. The lowest BCUT2D eigenvalue weighted by molar-refractivity contribution is -0.123. The number of halogens is 1. The second kappa shape index (κ2) is 8.46. The van der Waals surface area contributed by atoms with E-state index in [1.165, 1.54) is 18.2 Å². The third-order valence-electron chi connectivity index (χ3n) is 5.09. The molecule has 0 saturated heterocycles. The Bertz CT molecular complexity index is 1310. The summed E-state index contributed by atoms with van der Waals surface area (Å²) in [6.07, 6.45) is 0. The van der Waals surface area contributed by atoms with Gasteiger partial charge >= 0.3 is 0 Å². The fourth-order valence-electron chi connectivity index (χ4n) is 3.06. The van der Waals surface area contributed by atoms with Gasteiger partial charge in [-0.15, -0.1) is 0 Å². The van der Waals surface area contributed by atoms with Crippen molar-refractivity contribution in [3.8, 4) is 11.3 Å². The first-order valence-electron chi connectivity index (χ1n) is 10.7. The summed E-state index contributed by atoms with van der Waals surface area (Å²) in [5.41, 5.74) is 0.168. The van der Waals surface area contributed by atoms with Crippen LogP contribution in [0, 0.1) is 23.6 Å². The van der Waals surface area contributed by atoms with Crippen LogP contribution in [-0.2, 0) is 9.59 Å². The molecule has 0 radical (unpaired) electrons. The van der Waals surface area contributed by atoms with Gasteiger partial charge in [0.1, 0.15) is 17.2 Å². The minimum atomic E-state index is -0.672. The number of amides is 2. The molecule has 0 unspecified atom stereocenters. The summed E-state index contributed by atoms with van der Waals surface area (Å²) in [6, 6.07) is 8.90. The van der Waals surface area contributed by atoms with Gasteiger partial charge in [0, 0.05) is 22.5 Å². The molecule has 7 heteroatoms. The van der Waals surface area contributed by atoms with E-state index in [9.17, 15) is 18.8 Å². The number of carbonyl (C=O) groups excluding carboxylic acids is 2. The second-order valence-electron chi connectivity index (χ2n) is 10.3. The largest absolute Gasteiger partial charge is 0.456 e. The maximum Gasteiger partial charge on any atom is 0.229 e. The Morgan fingerprint density at radius 1 is 0.848 bits per heavy atom. The minimum absolute atomic E-state index is 0.0461. The van der Waals surface area contributed by atoms with Crippen LogP contribution in [0.25, 0.3) is 22.3 Å². The average Bonchev–Trinajstić information content (AvgIpc) is 2.67. The van der Waals surface area contributed by atoms with E-state index in [1.54, 1.807) is 59.7 Å². The summed E-state index contributed by atoms with van der Waals surface area (Å²) in [6.45, 7) is 12.4. The van der Waals surface area contributed by atoms with Crippen LogP contribution in [-0.4, -0.2) is 11.8 Å². The first-order chi connectivity index (χ1) is 15.2. The van der Waals surface area contributed by atoms with Crippen LogP contribution in [0.2, 0.25) is 0 Å². The van der Waals surface area contributed by atoms with Gasteiger partial charge in [-0.2, -0.15) is 0 Å². The molecule has 0 aliphatic heterocycles. The molecule has 6 nitrogen and oxygen atoms in total. The van der Waals surface area contributed by atoms with Crippen molar-refractivity contribution in [2.24, 2.45) is 10.8 Å². The highest BCUT2D eigenvalue weighted by molar-refractivity contribution is 6.03. The van der Waals surface area contributed by atoms with E-state index >= 15 is 0 Å². The Hall–Kier alpha value is -3.48. The molecule has 0 bridgehead atoms. The van der Waals surface area contributed by atoms with Crippen LogP contribution >= 0.6 is 0 Å². The molecule has 2 amide bonds. The van der Waals surface area contributed by atoms with E-state index in [4.69, 9.17) is 4.42 Å². The lowest BCUT2D eigenvalue weighted by Gasteiger charge is -2.19. The van der Waals surface area contributed by atoms with Gasteiger partial charge in [0.25, 0.3) is 0 Å². The average molecular weight is 453 g/mol. The number of carbonyl (C=O) groups is 2. The molecule has 2 aromatic carbocycles. The molecule has 0 aliphatic rings. The SMILES string of the molecule is Cc1cc(NC(=O)C(C)(C)C)c2c(=O)cc(-c3ccc(NC(=O)C(C)(C)C)c(F)c3)oc2c1. The molecule has 0 spiro atoms. The summed E-state index contributed by atoms with van der Waals surface area (Å²) in [5.74, 6) is -1.01. The molecule has 1 heterocycles. The number of rotatable bonds is 3. The predicted octanol–water partition coefficient (Wildman–Crippen LogP) is 5.88. The molecule has 0 aliphatic carbocycles. The van der Waals surface area contributed by atoms with Crippen LogP contribution in [0.5, 0.6) is 0 Å². The Kier molecular flexibility index (Phi) is 6.20. The van der Waals surface area contributed by atoms with Crippen molar-refractivity contribution in [2.45, 2.75) is 48.5 Å². The van der Waals surface area contributed by atoms with Gasteiger partial charge < -0.3 is 15.1 Å². The van der Waals surface area contributed by atoms with Crippen molar-refractivity contribution in [3.05, 3.63) is 58.0 Å². The molecule has 3 aromatic rings. The fraction of sp³-hybridized carbons (Fsp3) is 0.346. The number of hydrogen-bond donors (Lipinski definition) is 2. The van der Waals surface area contributed by atoms with E-state index in [1.807, 2.05) is 6.92 Å². The van der Waals surface area contributed by atoms with Crippen molar-refractivity contribution in [2.75, 3.05) is 10.6 Å². The van der Waals surface area contributed by atoms with Crippen molar-refractivity contribution in [3.63, 3.8) is 0 Å². The van der Waals surface area contributed by atoms with Crippen molar-refractivity contribution in [1.82, 2.24) is 0 Å². The smallest absolute Gasteiger partial charge is 0.229 e. The van der Waals surface area contributed by atoms with Gasteiger partial charge in [0.15, 0.2) is 5.43 Å². The van der Waals surface area contributed by atoms with Gasteiger partial charge in [0.2, 0.25) is 11.8 Å². The molecule has 0 fully saturated rings. The van der Waals surface area contributed by atoms with Gasteiger partial charge in [-0.05, 0) is 42.8 Å². The Labute approximate surface area is 192 Å². The third kappa shape index (κ3) is 5.30. The molecule has 1 aromatic heterocycles. The van der Waals surface area contributed by atoms with E-state index in [2.05, 4.69) is 10.6 Å². The maximum atomic E-state index is 14.7. The van der Waals surface area contributed by atoms with E-state index in [-0.39, 0.29) is 39.7 Å². The van der Waals surface area contributed by atoms with Crippen molar-refractivity contribution < 1.29 is 18.4 Å². The highest BCUT2D eigenvalue weighted by atomic mass is 19.1. The zero-order chi connectivity index (χ0) is 24.7. The Balaban J connectivity index is 2.04. The number of anilines is 2. The quantitative estimate of drug-likeness (QED) is 0.520. The number of hydrogen-bond acceptors (Lipinski definition) is 4. The van der Waals surface area contributed by atoms with Crippen LogP contribution < -0.4 is 16.1 Å².